The summed E-state index contributed by atoms with van der Waals surface area (Å²) < 4.78 is 0. The van der Waals surface area contributed by atoms with Crippen LogP contribution in [0, 0.1) is 0 Å². The molecule has 13 heavy (non-hydrogen) atoms. The van der Waals surface area contributed by atoms with Gasteiger partial charge >= 0.3 is 0 Å². The van der Waals surface area contributed by atoms with Crippen molar-refractivity contribution in [3.63, 3.8) is 0 Å². The molecule has 0 aliphatic carbocycles. The van der Waals surface area contributed by atoms with Gasteiger partial charge in [-0.1, -0.05) is 30.3 Å². The highest BCUT2D eigenvalue weighted by atomic mass is 35.5. The zero-order chi connectivity index (χ0) is 9.52. The van der Waals surface area contributed by atoms with Gasteiger partial charge in [0, 0.05) is 18.5 Å². The molecule has 0 saturated carbocycles. The predicted molar refractivity (Wildman–Crippen MR) is 53.9 cm³/mol. The second kappa shape index (κ2) is 5.73. The van der Waals surface area contributed by atoms with E-state index in [0.717, 1.165) is 12.0 Å². The van der Waals surface area contributed by atoms with Crippen LogP contribution in [-0.4, -0.2) is 12.3 Å². The van der Waals surface area contributed by atoms with Crippen LogP contribution in [0.5, 0.6) is 0 Å². The number of rotatable bonds is 5. The lowest BCUT2D eigenvalue weighted by Gasteiger charge is -1.99. The molecule has 0 unspecified atom stereocenters. The second-order valence-corrected chi connectivity index (χ2v) is 3.04. The average Bonchev–Trinajstić information content (AvgIpc) is 2.19. The summed E-state index contributed by atoms with van der Waals surface area (Å²) >= 11 is 5.27. The van der Waals surface area contributed by atoms with Crippen LogP contribution >= 0.6 is 11.8 Å². The van der Waals surface area contributed by atoms with E-state index in [-0.39, 0.29) is 5.78 Å². The molecule has 0 radical (unpaired) electrons. The molecule has 0 fully saturated rings. The highest BCUT2D eigenvalue weighted by molar-refractivity contribution is 6.13. The lowest BCUT2D eigenvalue weighted by molar-refractivity contribution is 0.0980. The van der Waals surface area contributed by atoms with E-state index in [9.17, 15) is 4.79 Å². The van der Waals surface area contributed by atoms with Crippen molar-refractivity contribution in [2.24, 2.45) is 0 Å². The van der Waals surface area contributed by atoms with Crippen molar-refractivity contribution in [2.75, 3.05) is 6.54 Å². The first kappa shape index (κ1) is 10.2. The monoisotopic (exact) mass is 197 g/mol. The summed E-state index contributed by atoms with van der Waals surface area (Å²) in [5.41, 5.74) is 0.775. The number of Topliss-reactive ketones (excluding diaryl/α,β-unsaturated/α-hetero) is 1. The van der Waals surface area contributed by atoms with Gasteiger partial charge in [-0.25, -0.2) is 4.84 Å². The van der Waals surface area contributed by atoms with E-state index in [4.69, 9.17) is 11.8 Å². The minimum absolute atomic E-state index is 0.174. The van der Waals surface area contributed by atoms with E-state index >= 15 is 0 Å². The van der Waals surface area contributed by atoms with Crippen molar-refractivity contribution in [1.29, 1.82) is 0 Å². The molecule has 0 atom stereocenters. The first-order valence-electron chi connectivity index (χ1n) is 4.26. The largest absolute Gasteiger partial charge is 0.294 e. The van der Waals surface area contributed by atoms with E-state index < -0.39 is 0 Å². The molecule has 0 aliphatic rings. The third kappa shape index (κ3) is 3.57. The molecule has 3 heteroatoms. The van der Waals surface area contributed by atoms with E-state index in [2.05, 4.69) is 4.84 Å². The number of carbonyl (C=O) groups is 1. The van der Waals surface area contributed by atoms with Crippen molar-refractivity contribution >= 4 is 17.6 Å². The average molecular weight is 198 g/mol. The molecule has 0 spiro atoms. The SMILES string of the molecule is O=C(CCCNCl)c1ccccc1. The maximum absolute atomic E-state index is 11.4. The van der Waals surface area contributed by atoms with E-state index in [0.29, 0.717) is 13.0 Å². The number of ketones is 1. The molecular formula is C10H12ClNO. The Bertz CT molecular complexity index is 261. The Morgan fingerprint density at radius 1 is 1.31 bits per heavy atom. The Morgan fingerprint density at radius 3 is 2.62 bits per heavy atom. The van der Waals surface area contributed by atoms with E-state index in [1.807, 2.05) is 30.3 Å². The van der Waals surface area contributed by atoms with Crippen LogP contribution in [0.2, 0.25) is 0 Å². The Labute approximate surface area is 83.0 Å². The minimum Gasteiger partial charge on any atom is -0.294 e. The maximum Gasteiger partial charge on any atom is 0.162 e. The van der Waals surface area contributed by atoms with Gasteiger partial charge in [-0.3, -0.25) is 4.79 Å². The maximum atomic E-state index is 11.4. The molecule has 1 N–H and O–H groups in total. The molecule has 0 bridgehead atoms. The minimum atomic E-state index is 0.174. The van der Waals surface area contributed by atoms with Gasteiger partial charge in [0.2, 0.25) is 0 Å². The van der Waals surface area contributed by atoms with Gasteiger partial charge in [0.25, 0.3) is 0 Å². The fourth-order valence-electron chi connectivity index (χ4n) is 1.08. The van der Waals surface area contributed by atoms with Gasteiger partial charge in [-0.2, -0.15) is 0 Å². The zero-order valence-electron chi connectivity index (χ0n) is 7.29. The molecule has 70 valence electrons. The van der Waals surface area contributed by atoms with Gasteiger partial charge in [-0.15, -0.1) is 0 Å². The standard InChI is InChI=1S/C10H12ClNO/c11-12-8-4-7-10(13)9-5-2-1-3-6-9/h1-3,5-6,12H,4,7-8H2. The molecule has 0 amide bonds. The van der Waals surface area contributed by atoms with Crippen molar-refractivity contribution in [1.82, 2.24) is 4.84 Å². The van der Waals surface area contributed by atoms with Gasteiger partial charge in [0.05, 0.1) is 0 Å². The van der Waals surface area contributed by atoms with Crippen LogP contribution < -0.4 is 4.84 Å². The Morgan fingerprint density at radius 2 is 2.00 bits per heavy atom. The fraction of sp³-hybridized carbons (Fsp3) is 0.300. The van der Waals surface area contributed by atoms with Gasteiger partial charge in [-0.05, 0) is 18.2 Å². The van der Waals surface area contributed by atoms with E-state index in [1.165, 1.54) is 0 Å². The third-order valence-electron chi connectivity index (χ3n) is 1.77. The summed E-state index contributed by atoms with van der Waals surface area (Å²) in [6.45, 7) is 0.667. The summed E-state index contributed by atoms with van der Waals surface area (Å²) in [4.78, 5) is 13.9. The van der Waals surface area contributed by atoms with Crippen molar-refractivity contribution in [3.8, 4) is 0 Å². The summed E-state index contributed by atoms with van der Waals surface area (Å²) in [5.74, 6) is 0.174. The molecule has 1 aromatic rings. The van der Waals surface area contributed by atoms with Crippen LogP contribution in [0.25, 0.3) is 0 Å². The molecule has 0 aromatic heterocycles. The fourth-order valence-corrected chi connectivity index (χ4v) is 1.22. The number of benzene rings is 1. The van der Waals surface area contributed by atoms with E-state index in [1.54, 1.807) is 0 Å². The third-order valence-corrected chi connectivity index (χ3v) is 1.96. The molecule has 2 nitrogen and oxygen atoms in total. The van der Waals surface area contributed by atoms with Gasteiger partial charge in [0.1, 0.15) is 0 Å². The number of hydrogen-bond acceptors (Lipinski definition) is 2. The quantitative estimate of drug-likeness (QED) is 0.446. The zero-order valence-corrected chi connectivity index (χ0v) is 8.05. The van der Waals surface area contributed by atoms with Crippen LogP contribution in [0.4, 0.5) is 0 Å². The predicted octanol–water partition coefficient (Wildman–Crippen LogP) is 2.39. The summed E-state index contributed by atoms with van der Waals surface area (Å²) in [7, 11) is 0. The van der Waals surface area contributed by atoms with Crippen LogP contribution in [0.3, 0.4) is 0 Å². The molecule has 1 aromatic carbocycles. The van der Waals surface area contributed by atoms with Crippen molar-refractivity contribution in [3.05, 3.63) is 35.9 Å². The van der Waals surface area contributed by atoms with Crippen LogP contribution in [0.1, 0.15) is 23.2 Å². The Balaban J connectivity index is 2.40. The normalized spacial score (nSPS) is 9.92. The summed E-state index contributed by atoms with van der Waals surface area (Å²) in [6, 6.07) is 9.30. The molecule has 0 heterocycles. The molecule has 0 saturated heterocycles. The first-order chi connectivity index (χ1) is 6.34. The Hall–Kier alpha value is -0.860. The summed E-state index contributed by atoms with van der Waals surface area (Å²) in [6.07, 6.45) is 1.32. The van der Waals surface area contributed by atoms with Crippen LogP contribution in [0.15, 0.2) is 30.3 Å². The molecular weight excluding hydrogens is 186 g/mol. The lowest BCUT2D eigenvalue weighted by Crippen LogP contribution is -2.05. The van der Waals surface area contributed by atoms with Gasteiger partial charge < -0.3 is 0 Å². The first-order valence-corrected chi connectivity index (χ1v) is 4.64. The smallest absolute Gasteiger partial charge is 0.162 e. The van der Waals surface area contributed by atoms with Gasteiger partial charge in [0.15, 0.2) is 5.78 Å². The number of hydrogen-bond donors (Lipinski definition) is 1. The Kier molecular flexibility index (Phi) is 4.50. The number of nitrogens with one attached hydrogen (secondary N) is 1. The summed E-state index contributed by atoms with van der Waals surface area (Å²) in [5, 5.41) is 0. The van der Waals surface area contributed by atoms with Crippen LogP contribution in [-0.2, 0) is 0 Å². The van der Waals surface area contributed by atoms with Crippen molar-refractivity contribution < 1.29 is 4.79 Å². The topological polar surface area (TPSA) is 29.1 Å². The van der Waals surface area contributed by atoms with Crippen molar-refractivity contribution in [2.45, 2.75) is 12.8 Å². The number of halogens is 1. The molecule has 0 aliphatic heterocycles. The lowest BCUT2D eigenvalue weighted by atomic mass is 10.1. The molecule has 1 rings (SSSR count). The second-order valence-electron chi connectivity index (χ2n) is 2.78. The highest BCUT2D eigenvalue weighted by Gasteiger charge is 2.03. The number of carbonyl (C=O) groups excluding carboxylic acids is 1. The highest BCUT2D eigenvalue weighted by Crippen LogP contribution is 2.04.